The van der Waals surface area contributed by atoms with E-state index in [9.17, 15) is 13.2 Å². The minimum atomic E-state index is -3.74. The van der Waals surface area contributed by atoms with Crippen LogP contribution in [0.15, 0.2) is 77.8 Å². The van der Waals surface area contributed by atoms with Crippen LogP contribution in [0.3, 0.4) is 0 Å². The molecule has 0 aliphatic rings. The third-order valence-electron chi connectivity index (χ3n) is 4.17. The first kappa shape index (κ1) is 21.5. The van der Waals surface area contributed by atoms with Gasteiger partial charge in [-0.05, 0) is 48.4 Å². The van der Waals surface area contributed by atoms with Gasteiger partial charge < -0.3 is 9.47 Å². The molecule has 0 atom stereocenters. The van der Waals surface area contributed by atoms with E-state index in [1.165, 1.54) is 24.3 Å². The van der Waals surface area contributed by atoms with Crippen LogP contribution < -0.4 is 9.46 Å². The molecule has 1 N–H and O–H groups in total. The molecular weight excluding hydrogens is 404 g/mol. The Kier molecular flexibility index (Phi) is 7.16. The lowest BCUT2D eigenvalue weighted by Crippen LogP contribution is -2.23. The molecule has 0 aliphatic heterocycles. The number of ether oxygens (including phenoxy) is 2. The van der Waals surface area contributed by atoms with E-state index in [0.717, 1.165) is 5.56 Å². The second kappa shape index (κ2) is 10.00. The molecule has 3 aromatic rings. The van der Waals surface area contributed by atoms with Crippen molar-refractivity contribution in [3.8, 4) is 5.88 Å². The average molecular weight is 426 g/mol. The summed E-state index contributed by atoms with van der Waals surface area (Å²) in [6.45, 7) is 2.41. The van der Waals surface area contributed by atoms with Crippen molar-refractivity contribution in [2.45, 2.75) is 25.0 Å². The van der Waals surface area contributed by atoms with Crippen molar-refractivity contribution in [2.75, 3.05) is 6.61 Å². The number of nitrogens with one attached hydrogen (secondary N) is 1. The number of esters is 1. The van der Waals surface area contributed by atoms with Gasteiger partial charge in [-0.1, -0.05) is 30.3 Å². The monoisotopic (exact) mass is 426 g/mol. The first-order chi connectivity index (χ1) is 14.5. The Hall–Kier alpha value is -3.23. The molecule has 7 nitrogen and oxygen atoms in total. The molecule has 0 bridgehead atoms. The number of carbonyl (C=O) groups is 1. The van der Waals surface area contributed by atoms with Crippen LogP contribution in [0.25, 0.3) is 0 Å². The van der Waals surface area contributed by atoms with E-state index in [1.807, 2.05) is 30.3 Å². The Morgan fingerprint density at radius 1 is 1.00 bits per heavy atom. The molecular formula is C22H22N2O5S. The molecule has 1 heterocycles. The van der Waals surface area contributed by atoms with Crippen LogP contribution in [0.5, 0.6) is 5.88 Å². The zero-order valence-corrected chi connectivity index (χ0v) is 17.3. The first-order valence-electron chi connectivity index (χ1n) is 9.36. The Bertz CT molecular complexity index is 1080. The maximum absolute atomic E-state index is 12.5. The molecule has 0 unspecified atom stereocenters. The number of carbonyl (C=O) groups excluding carboxylic acids is 1. The van der Waals surface area contributed by atoms with E-state index in [0.29, 0.717) is 23.6 Å². The second-order valence-electron chi connectivity index (χ2n) is 6.35. The Labute approximate surface area is 175 Å². The van der Waals surface area contributed by atoms with Crippen molar-refractivity contribution < 1.29 is 22.7 Å². The molecule has 1 aromatic heterocycles. The number of nitrogens with zero attached hydrogens (tertiary/aromatic N) is 1. The van der Waals surface area contributed by atoms with Gasteiger partial charge in [0.2, 0.25) is 15.9 Å². The van der Waals surface area contributed by atoms with Crippen molar-refractivity contribution in [1.82, 2.24) is 9.71 Å². The van der Waals surface area contributed by atoms with Gasteiger partial charge >= 0.3 is 5.97 Å². The summed E-state index contributed by atoms with van der Waals surface area (Å²) in [4.78, 5) is 15.9. The summed E-state index contributed by atoms with van der Waals surface area (Å²) < 4.78 is 38.2. The van der Waals surface area contributed by atoms with Gasteiger partial charge in [-0.25, -0.2) is 22.9 Å². The lowest BCUT2D eigenvalue weighted by molar-refractivity contribution is 0.0526. The lowest BCUT2D eigenvalue weighted by atomic mass is 10.2. The predicted molar refractivity (Wildman–Crippen MR) is 111 cm³/mol. The number of pyridine rings is 1. The van der Waals surface area contributed by atoms with Crippen molar-refractivity contribution in [1.29, 1.82) is 0 Å². The SMILES string of the molecule is CCOC(=O)c1ccc(S(=O)(=O)NCc2ccnc(OCc3ccccc3)c2)cc1. The summed E-state index contributed by atoms with van der Waals surface area (Å²) in [5, 5.41) is 0. The summed E-state index contributed by atoms with van der Waals surface area (Å²) in [7, 11) is -3.74. The van der Waals surface area contributed by atoms with Crippen LogP contribution in [0, 0.1) is 0 Å². The molecule has 0 amide bonds. The number of rotatable bonds is 9. The summed E-state index contributed by atoms with van der Waals surface area (Å²) in [5.74, 6) is -0.0800. The fraction of sp³-hybridized carbons (Fsp3) is 0.182. The van der Waals surface area contributed by atoms with Gasteiger partial charge in [0, 0.05) is 18.8 Å². The van der Waals surface area contributed by atoms with E-state index in [4.69, 9.17) is 9.47 Å². The van der Waals surface area contributed by atoms with E-state index in [-0.39, 0.29) is 18.0 Å². The molecule has 2 aromatic carbocycles. The maximum Gasteiger partial charge on any atom is 0.338 e. The zero-order valence-electron chi connectivity index (χ0n) is 16.4. The highest BCUT2D eigenvalue weighted by molar-refractivity contribution is 7.89. The summed E-state index contributed by atoms with van der Waals surface area (Å²) in [5.41, 5.74) is 2.02. The molecule has 0 saturated carbocycles. The quantitative estimate of drug-likeness (QED) is 0.528. The molecule has 156 valence electrons. The summed E-state index contributed by atoms with van der Waals surface area (Å²) >= 11 is 0. The van der Waals surface area contributed by atoms with Crippen LogP contribution in [0.4, 0.5) is 0 Å². The third kappa shape index (κ3) is 5.88. The van der Waals surface area contributed by atoms with Crippen LogP contribution in [0.1, 0.15) is 28.4 Å². The molecule has 0 radical (unpaired) electrons. The minimum absolute atomic E-state index is 0.0603. The smallest absolute Gasteiger partial charge is 0.338 e. The van der Waals surface area contributed by atoms with E-state index < -0.39 is 16.0 Å². The Balaban J connectivity index is 1.61. The van der Waals surface area contributed by atoms with Gasteiger partial charge in [0.05, 0.1) is 17.1 Å². The molecule has 8 heteroatoms. The molecule has 3 rings (SSSR count). The van der Waals surface area contributed by atoms with E-state index >= 15 is 0 Å². The van der Waals surface area contributed by atoms with Gasteiger partial charge in [-0.3, -0.25) is 0 Å². The lowest BCUT2D eigenvalue weighted by Gasteiger charge is -2.09. The molecule has 0 fully saturated rings. The molecule has 30 heavy (non-hydrogen) atoms. The predicted octanol–water partition coefficient (Wildman–Crippen LogP) is 3.32. The Morgan fingerprint density at radius 3 is 2.43 bits per heavy atom. The minimum Gasteiger partial charge on any atom is -0.473 e. The fourth-order valence-corrected chi connectivity index (χ4v) is 3.63. The largest absolute Gasteiger partial charge is 0.473 e. The van der Waals surface area contributed by atoms with Crippen LogP contribution in [0.2, 0.25) is 0 Å². The van der Waals surface area contributed by atoms with Gasteiger partial charge in [-0.2, -0.15) is 0 Å². The van der Waals surface area contributed by atoms with Gasteiger partial charge in [-0.15, -0.1) is 0 Å². The number of benzene rings is 2. The normalized spacial score (nSPS) is 11.1. The molecule has 0 saturated heterocycles. The third-order valence-corrected chi connectivity index (χ3v) is 5.59. The van der Waals surface area contributed by atoms with Gasteiger partial charge in [0.1, 0.15) is 6.61 Å². The average Bonchev–Trinajstić information content (AvgIpc) is 2.78. The van der Waals surface area contributed by atoms with E-state index in [1.54, 1.807) is 25.3 Å². The number of hydrogen-bond donors (Lipinski definition) is 1. The van der Waals surface area contributed by atoms with Gasteiger partial charge in [0.25, 0.3) is 0 Å². The zero-order chi connectivity index (χ0) is 21.4. The highest BCUT2D eigenvalue weighted by Gasteiger charge is 2.15. The van der Waals surface area contributed by atoms with Crippen molar-refractivity contribution in [2.24, 2.45) is 0 Å². The summed E-state index contributed by atoms with van der Waals surface area (Å²) in [6.07, 6.45) is 1.57. The number of aromatic nitrogens is 1. The van der Waals surface area contributed by atoms with Crippen LogP contribution in [-0.2, 0) is 27.9 Å². The van der Waals surface area contributed by atoms with E-state index in [2.05, 4.69) is 9.71 Å². The topological polar surface area (TPSA) is 94.6 Å². The number of hydrogen-bond acceptors (Lipinski definition) is 6. The maximum atomic E-state index is 12.5. The fourth-order valence-electron chi connectivity index (χ4n) is 2.62. The molecule has 0 aliphatic carbocycles. The van der Waals surface area contributed by atoms with Crippen molar-refractivity contribution in [3.05, 3.63) is 89.6 Å². The van der Waals surface area contributed by atoms with Crippen LogP contribution in [-0.4, -0.2) is 26.0 Å². The first-order valence-corrected chi connectivity index (χ1v) is 10.8. The number of sulfonamides is 1. The summed E-state index contributed by atoms with van der Waals surface area (Å²) in [6, 6.07) is 18.7. The Morgan fingerprint density at radius 2 is 1.73 bits per heavy atom. The van der Waals surface area contributed by atoms with Crippen molar-refractivity contribution >= 4 is 16.0 Å². The van der Waals surface area contributed by atoms with Gasteiger partial charge in [0.15, 0.2) is 0 Å². The molecule has 0 spiro atoms. The highest BCUT2D eigenvalue weighted by Crippen LogP contribution is 2.15. The highest BCUT2D eigenvalue weighted by atomic mass is 32.2. The van der Waals surface area contributed by atoms with Crippen molar-refractivity contribution in [3.63, 3.8) is 0 Å². The van der Waals surface area contributed by atoms with Crippen LogP contribution >= 0.6 is 0 Å². The standard InChI is InChI=1S/C22H22N2O5S/c1-2-28-22(25)19-8-10-20(11-9-19)30(26,27)24-15-18-12-13-23-21(14-18)29-16-17-6-4-3-5-7-17/h3-14,24H,2,15-16H2,1H3. The second-order valence-corrected chi connectivity index (χ2v) is 8.11.